The zero-order valence-corrected chi connectivity index (χ0v) is 23.5. The zero-order valence-electron chi connectivity index (χ0n) is 23.5. The van der Waals surface area contributed by atoms with Crippen LogP contribution >= 0.6 is 0 Å². The smallest absolute Gasteiger partial charge is 0.359 e. The maximum atomic E-state index is 11.2. The van der Waals surface area contributed by atoms with Crippen LogP contribution in [0.3, 0.4) is 0 Å². The van der Waals surface area contributed by atoms with E-state index in [1.165, 1.54) is 103 Å². The van der Waals surface area contributed by atoms with Crippen molar-refractivity contribution in [2.75, 3.05) is 26.2 Å². The molecule has 0 rings (SSSR count). The summed E-state index contributed by atoms with van der Waals surface area (Å²) < 4.78 is -0.434. The van der Waals surface area contributed by atoms with E-state index in [2.05, 4.69) is 6.58 Å². The average Bonchev–Trinajstić information content (AvgIpc) is 2.81. The molecular weight excluding hydrogens is 470 g/mol. The summed E-state index contributed by atoms with van der Waals surface area (Å²) in [5.74, 6) is -3.50. The summed E-state index contributed by atoms with van der Waals surface area (Å²) in [5.41, 5.74) is 0. The number of hydrogen-bond donors (Lipinski definition) is 3. The minimum Gasteiger partial charge on any atom is -0.477 e. The third-order valence-corrected chi connectivity index (χ3v) is 7.20. The Balaban J connectivity index is 3.60. The molecule has 0 radical (unpaired) electrons. The van der Waals surface area contributed by atoms with Crippen molar-refractivity contribution in [3.63, 3.8) is 0 Å². The van der Waals surface area contributed by atoms with Gasteiger partial charge in [-0.15, -0.1) is 6.58 Å². The number of carboxylic acids is 3. The highest BCUT2D eigenvalue weighted by Gasteiger charge is 2.35. The van der Waals surface area contributed by atoms with Crippen molar-refractivity contribution in [1.29, 1.82) is 0 Å². The van der Waals surface area contributed by atoms with Gasteiger partial charge in [-0.1, -0.05) is 115 Å². The van der Waals surface area contributed by atoms with Gasteiger partial charge in [0.15, 0.2) is 19.6 Å². The SMILES string of the molecule is C=CCCCCCCCCCCCCCCCCCCCCCC[N+](CC(=O)O)(CC(=O)O)CC(=O)O. The highest BCUT2D eigenvalue weighted by Crippen LogP contribution is 2.16. The van der Waals surface area contributed by atoms with E-state index in [1.807, 2.05) is 6.08 Å². The Kier molecular flexibility index (Phi) is 23.2. The van der Waals surface area contributed by atoms with Crippen LogP contribution in [-0.4, -0.2) is 63.9 Å². The summed E-state index contributed by atoms with van der Waals surface area (Å²) >= 11 is 0. The Morgan fingerprint density at radius 3 is 0.946 bits per heavy atom. The quantitative estimate of drug-likeness (QED) is 0.0530. The normalized spacial score (nSPS) is 11.5. The number of hydrogen-bond acceptors (Lipinski definition) is 3. The largest absolute Gasteiger partial charge is 0.477 e. The molecular formula is C30H56NO6+. The van der Waals surface area contributed by atoms with Crippen molar-refractivity contribution < 1.29 is 34.2 Å². The molecule has 0 fully saturated rings. The first kappa shape index (κ1) is 35.1. The lowest BCUT2D eigenvalue weighted by Crippen LogP contribution is -2.57. The second kappa shape index (κ2) is 24.4. The van der Waals surface area contributed by atoms with Gasteiger partial charge in [0.05, 0.1) is 6.54 Å². The number of allylic oxidation sites excluding steroid dienone is 1. The lowest BCUT2D eigenvalue weighted by Gasteiger charge is -2.34. The van der Waals surface area contributed by atoms with E-state index in [0.717, 1.165) is 25.7 Å². The first-order valence-corrected chi connectivity index (χ1v) is 14.9. The molecule has 0 bridgehead atoms. The lowest BCUT2D eigenvalue weighted by molar-refractivity contribution is -0.907. The maximum Gasteiger partial charge on any atom is 0.359 e. The van der Waals surface area contributed by atoms with Gasteiger partial charge in [0, 0.05) is 0 Å². The van der Waals surface area contributed by atoms with E-state index in [-0.39, 0.29) is 6.54 Å². The summed E-state index contributed by atoms with van der Waals surface area (Å²) in [6.45, 7) is 2.60. The van der Waals surface area contributed by atoms with Crippen molar-refractivity contribution >= 4 is 17.9 Å². The molecule has 0 aliphatic heterocycles. The third kappa shape index (κ3) is 24.2. The van der Waals surface area contributed by atoms with E-state index < -0.39 is 42.0 Å². The van der Waals surface area contributed by atoms with Gasteiger partial charge in [-0.05, 0) is 25.7 Å². The molecule has 0 amide bonds. The Morgan fingerprint density at radius 2 is 0.703 bits per heavy atom. The summed E-state index contributed by atoms with van der Waals surface area (Å²) in [7, 11) is 0. The van der Waals surface area contributed by atoms with E-state index in [0.29, 0.717) is 6.42 Å². The molecule has 7 nitrogen and oxygen atoms in total. The Labute approximate surface area is 225 Å². The van der Waals surface area contributed by atoms with Crippen LogP contribution in [0, 0.1) is 0 Å². The van der Waals surface area contributed by atoms with Gasteiger partial charge in [-0.3, -0.25) is 4.48 Å². The number of nitrogens with zero attached hydrogens (tertiary/aromatic N) is 1. The van der Waals surface area contributed by atoms with Crippen molar-refractivity contribution in [3.8, 4) is 0 Å². The molecule has 0 aliphatic carbocycles. The van der Waals surface area contributed by atoms with Crippen molar-refractivity contribution in [2.45, 2.75) is 135 Å². The molecule has 0 aliphatic rings. The van der Waals surface area contributed by atoms with Crippen molar-refractivity contribution in [1.82, 2.24) is 0 Å². The molecule has 37 heavy (non-hydrogen) atoms. The van der Waals surface area contributed by atoms with E-state index >= 15 is 0 Å². The fourth-order valence-corrected chi connectivity index (χ4v) is 5.18. The van der Waals surface area contributed by atoms with Gasteiger partial charge in [0.1, 0.15) is 0 Å². The number of aliphatic carboxylic acids is 3. The molecule has 3 N–H and O–H groups in total. The zero-order chi connectivity index (χ0) is 27.6. The molecule has 0 atom stereocenters. The molecule has 0 spiro atoms. The second-order valence-electron chi connectivity index (χ2n) is 10.9. The van der Waals surface area contributed by atoms with E-state index in [4.69, 9.17) is 15.3 Å². The summed E-state index contributed by atoms with van der Waals surface area (Å²) in [6, 6.07) is 0. The summed E-state index contributed by atoms with van der Waals surface area (Å²) in [5, 5.41) is 27.4. The Bertz CT molecular complexity index is 566. The van der Waals surface area contributed by atoms with Crippen LogP contribution in [0.1, 0.15) is 135 Å². The predicted molar refractivity (Wildman–Crippen MR) is 150 cm³/mol. The van der Waals surface area contributed by atoms with Crippen LogP contribution in [-0.2, 0) is 14.4 Å². The first-order chi connectivity index (χ1) is 17.8. The molecule has 0 heterocycles. The van der Waals surface area contributed by atoms with Gasteiger partial charge in [-0.2, -0.15) is 0 Å². The molecule has 0 aromatic carbocycles. The molecule has 0 saturated heterocycles. The summed E-state index contributed by atoms with van der Waals surface area (Å²) in [6.07, 6.45) is 28.3. The van der Waals surface area contributed by atoms with E-state index in [1.54, 1.807) is 0 Å². The average molecular weight is 527 g/mol. The predicted octanol–water partition coefficient (Wildman–Crippen LogP) is 7.44. The number of unbranched alkanes of at least 4 members (excludes halogenated alkanes) is 20. The Morgan fingerprint density at radius 1 is 0.459 bits per heavy atom. The monoisotopic (exact) mass is 526 g/mol. The molecule has 0 aromatic rings. The van der Waals surface area contributed by atoms with Crippen molar-refractivity contribution in [2.24, 2.45) is 0 Å². The second-order valence-corrected chi connectivity index (χ2v) is 10.9. The van der Waals surface area contributed by atoms with Gasteiger partial charge in [0.2, 0.25) is 0 Å². The van der Waals surface area contributed by atoms with Crippen LogP contribution in [0.15, 0.2) is 12.7 Å². The highest BCUT2D eigenvalue weighted by molar-refractivity contribution is 5.73. The third-order valence-electron chi connectivity index (χ3n) is 7.20. The number of carbonyl (C=O) groups is 3. The number of rotatable bonds is 29. The molecule has 0 unspecified atom stereocenters. The summed E-state index contributed by atoms with van der Waals surface area (Å²) in [4.78, 5) is 33.6. The van der Waals surface area contributed by atoms with Gasteiger partial charge >= 0.3 is 17.9 Å². The molecule has 216 valence electrons. The maximum absolute atomic E-state index is 11.2. The Hall–Kier alpha value is -1.89. The molecule has 7 heteroatoms. The highest BCUT2D eigenvalue weighted by atomic mass is 16.4. The first-order valence-electron chi connectivity index (χ1n) is 14.9. The minimum atomic E-state index is -1.17. The molecule has 0 saturated carbocycles. The fraction of sp³-hybridized carbons (Fsp3) is 0.833. The van der Waals surface area contributed by atoms with Crippen LogP contribution in [0.2, 0.25) is 0 Å². The van der Waals surface area contributed by atoms with Crippen LogP contribution in [0.4, 0.5) is 0 Å². The van der Waals surface area contributed by atoms with E-state index in [9.17, 15) is 14.4 Å². The number of carboxylic acid groups (broad SMARTS) is 3. The van der Waals surface area contributed by atoms with Gasteiger partial charge in [-0.25, -0.2) is 14.4 Å². The minimum absolute atomic E-state index is 0.265. The lowest BCUT2D eigenvalue weighted by atomic mass is 10.0. The standard InChI is InChI=1S/C30H55NO6/c1-2-3-4-5-6-7-8-9-10-11-12-13-14-15-16-17-18-19-20-21-22-23-24-31(25-28(32)33,26-29(34)35)27-30(36)37/h2H,1,3-27H2,(H2-,32,33,34,35,36,37)/p+1. The molecule has 0 aromatic heterocycles. The van der Waals surface area contributed by atoms with Crippen LogP contribution in [0.5, 0.6) is 0 Å². The van der Waals surface area contributed by atoms with Gasteiger partial charge < -0.3 is 15.3 Å². The fourth-order valence-electron chi connectivity index (χ4n) is 5.18. The van der Waals surface area contributed by atoms with Crippen LogP contribution < -0.4 is 0 Å². The van der Waals surface area contributed by atoms with Gasteiger partial charge in [0.25, 0.3) is 0 Å². The van der Waals surface area contributed by atoms with Crippen LogP contribution in [0.25, 0.3) is 0 Å². The topological polar surface area (TPSA) is 112 Å². The van der Waals surface area contributed by atoms with Crippen molar-refractivity contribution in [3.05, 3.63) is 12.7 Å². The number of quaternary nitrogens is 1.